The highest BCUT2D eigenvalue weighted by atomic mass is 19.4. The van der Waals surface area contributed by atoms with Crippen molar-refractivity contribution in [2.75, 3.05) is 19.8 Å². The first kappa shape index (κ1) is 27.5. The van der Waals surface area contributed by atoms with Gasteiger partial charge in [0.2, 0.25) is 0 Å². The van der Waals surface area contributed by atoms with Crippen LogP contribution in [-0.4, -0.2) is 47.7 Å². The first-order valence-electron chi connectivity index (χ1n) is 11.1. The lowest BCUT2D eigenvalue weighted by Gasteiger charge is -2.18. The molecule has 1 aliphatic rings. The average molecular weight is 490 g/mol. The number of terminal acetylenes is 1. The van der Waals surface area contributed by atoms with E-state index in [4.69, 9.17) is 25.4 Å². The van der Waals surface area contributed by atoms with Gasteiger partial charge in [0.15, 0.2) is 0 Å². The van der Waals surface area contributed by atoms with E-state index in [1.807, 2.05) is 0 Å². The summed E-state index contributed by atoms with van der Waals surface area (Å²) < 4.78 is 61.0. The molecular weight excluding hydrogens is 461 g/mol. The van der Waals surface area contributed by atoms with Crippen molar-refractivity contribution in [3.8, 4) is 12.3 Å². The molecule has 0 spiro atoms. The normalized spacial score (nSPS) is 20.1. The Kier molecular flexibility index (Phi) is 10.7. The van der Waals surface area contributed by atoms with Crippen molar-refractivity contribution in [2.45, 2.75) is 76.5 Å². The quantitative estimate of drug-likeness (QED) is 0.272. The molecule has 0 amide bonds. The highest BCUT2D eigenvalue weighted by Crippen LogP contribution is 2.32. The molecule has 0 saturated carbocycles. The summed E-state index contributed by atoms with van der Waals surface area (Å²) in [6.45, 7) is 1.86. The number of alkyl halides is 3. The first-order chi connectivity index (χ1) is 16.2. The van der Waals surface area contributed by atoms with Crippen molar-refractivity contribution in [2.24, 2.45) is 0 Å². The maximum Gasteiger partial charge on any atom is 0.508 e. The fraction of sp³-hybridized carbons (Fsp3) is 0.682. The van der Waals surface area contributed by atoms with E-state index in [9.17, 15) is 27.6 Å². The number of aromatic nitrogens is 2. The smallest absolute Gasteiger partial charge is 0.434 e. The van der Waals surface area contributed by atoms with Gasteiger partial charge in [-0.1, -0.05) is 44.9 Å². The van der Waals surface area contributed by atoms with Crippen LogP contribution in [0.1, 0.15) is 63.7 Å². The number of hydrogen-bond donors (Lipinski definition) is 1. The minimum atomic E-state index is -4.97. The van der Waals surface area contributed by atoms with Crippen LogP contribution in [0, 0.1) is 12.3 Å². The molecule has 1 saturated heterocycles. The Morgan fingerprint density at radius 1 is 1.24 bits per heavy atom. The van der Waals surface area contributed by atoms with Gasteiger partial charge in [-0.25, -0.2) is 9.59 Å². The monoisotopic (exact) mass is 490 g/mol. The van der Waals surface area contributed by atoms with Crippen LogP contribution in [0.2, 0.25) is 0 Å². The van der Waals surface area contributed by atoms with Gasteiger partial charge in [-0.15, -0.1) is 6.42 Å². The summed E-state index contributed by atoms with van der Waals surface area (Å²) in [5.74, 6) is 2.26. The number of ether oxygens (including phenoxy) is 4. The van der Waals surface area contributed by atoms with E-state index in [0.29, 0.717) is 17.2 Å². The molecular formula is C22H29F3N2O7. The van der Waals surface area contributed by atoms with Crippen molar-refractivity contribution < 1.29 is 36.9 Å². The fourth-order valence-corrected chi connectivity index (χ4v) is 3.48. The zero-order chi connectivity index (χ0) is 25.1. The predicted molar refractivity (Wildman–Crippen MR) is 114 cm³/mol. The lowest BCUT2D eigenvalue weighted by Crippen LogP contribution is -2.36. The third-order valence-electron chi connectivity index (χ3n) is 5.23. The number of H-pyrrole nitrogens is 1. The van der Waals surface area contributed by atoms with E-state index in [1.165, 1.54) is 0 Å². The van der Waals surface area contributed by atoms with Gasteiger partial charge < -0.3 is 18.9 Å². The molecule has 9 nitrogen and oxygen atoms in total. The molecule has 34 heavy (non-hydrogen) atoms. The van der Waals surface area contributed by atoms with Gasteiger partial charge in [0.05, 0.1) is 12.7 Å². The molecule has 2 heterocycles. The number of rotatable bonds is 12. The van der Waals surface area contributed by atoms with E-state index in [0.717, 1.165) is 32.1 Å². The number of nitrogens with one attached hydrogen (secondary N) is 1. The van der Waals surface area contributed by atoms with Crippen molar-refractivity contribution in [3.05, 3.63) is 32.6 Å². The number of aromatic amines is 1. The molecule has 1 aromatic heterocycles. The Balaban J connectivity index is 1.96. The molecule has 0 unspecified atom stereocenters. The molecule has 1 fully saturated rings. The molecule has 12 heteroatoms. The van der Waals surface area contributed by atoms with Crippen LogP contribution in [0.4, 0.5) is 18.0 Å². The summed E-state index contributed by atoms with van der Waals surface area (Å²) in [6, 6.07) is 0. The zero-order valence-corrected chi connectivity index (χ0v) is 18.9. The number of carbonyl (C=O) groups is 1. The van der Waals surface area contributed by atoms with Gasteiger partial charge >= 0.3 is 18.0 Å². The number of hydrogen-bond acceptors (Lipinski definition) is 7. The van der Waals surface area contributed by atoms with Crippen molar-refractivity contribution in [3.63, 3.8) is 0 Å². The zero-order valence-electron chi connectivity index (χ0n) is 18.9. The van der Waals surface area contributed by atoms with Crippen molar-refractivity contribution in [1.82, 2.24) is 9.55 Å². The number of unbranched alkanes of at least 4 members (excludes halogenated alkanes) is 5. The Hall–Kier alpha value is -2.78. The second kappa shape index (κ2) is 13.2. The van der Waals surface area contributed by atoms with Gasteiger partial charge in [0.1, 0.15) is 31.1 Å². The van der Waals surface area contributed by atoms with Gasteiger partial charge in [-0.2, -0.15) is 13.2 Å². The average Bonchev–Trinajstić information content (AvgIpc) is 3.17. The molecule has 0 bridgehead atoms. The maximum atomic E-state index is 13.1. The summed E-state index contributed by atoms with van der Waals surface area (Å²) in [6.07, 6.45) is 2.83. The van der Waals surface area contributed by atoms with Crippen LogP contribution >= 0.6 is 0 Å². The molecule has 0 aliphatic carbocycles. The molecule has 3 atom stereocenters. The van der Waals surface area contributed by atoms with E-state index in [-0.39, 0.29) is 26.2 Å². The van der Waals surface area contributed by atoms with Crippen LogP contribution < -0.4 is 11.2 Å². The fourth-order valence-electron chi connectivity index (χ4n) is 3.48. The molecule has 1 aromatic rings. The summed E-state index contributed by atoms with van der Waals surface area (Å²) in [5, 5.41) is 0. The van der Waals surface area contributed by atoms with Crippen LogP contribution in [0.25, 0.3) is 0 Å². The van der Waals surface area contributed by atoms with Gasteiger partial charge in [0, 0.05) is 12.6 Å². The highest BCUT2D eigenvalue weighted by Gasteiger charge is 2.40. The van der Waals surface area contributed by atoms with Crippen LogP contribution in [0.5, 0.6) is 0 Å². The number of carbonyl (C=O) groups excluding carboxylic acids is 1. The molecule has 1 aliphatic heterocycles. The largest absolute Gasteiger partial charge is 0.508 e. The van der Waals surface area contributed by atoms with Crippen LogP contribution in [-0.2, 0) is 25.1 Å². The molecule has 190 valence electrons. The van der Waals surface area contributed by atoms with Gasteiger partial charge in [-0.3, -0.25) is 14.3 Å². The molecule has 0 radical (unpaired) electrons. The van der Waals surface area contributed by atoms with Crippen LogP contribution in [0.3, 0.4) is 0 Å². The molecule has 0 aromatic carbocycles. The summed E-state index contributed by atoms with van der Waals surface area (Å²) >= 11 is 0. The minimum Gasteiger partial charge on any atom is -0.434 e. The Bertz CT molecular complexity index is 952. The molecule has 1 N–H and O–H groups in total. The summed E-state index contributed by atoms with van der Waals surface area (Å²) in [7, 11) is 0. The topological polar surface area (TPSA) is 109 Å². The number of nitrogens with zero attached hydrogens (tertiary/aromatic N) is 1. The highest BCUT2D eigenvalue weighted by molar-refractivity contribution is 5.59. The number of halogens is 3. The predicted octanol–water partition coefficient (Wildman–Crippen LogP) is 3.38. The summed E-state index contributed by atoms with van der Waals surface area (Å²) in [5.41, 5.74) is -4.19. The first-order valence-corrected chi connectivity index (χ1v) is 11.1. The third-order valence-corrected chi connectivity index (χ3v) is 5.23. The van der Waals surface area contributed by atoms with E-state index >= 15 is 0 Å². The SMILES string of the molecule is C#CCO[C@H]1C[C@H](n2cc(C(F)(F)F)c(=O)[nH]c2=O)O[C@@H]1COC(=O)OCCCCCCCC. The van der Waals surface area contributed by atoms with E-state index in [1.54, 1.807) is 4.98 Å². The maximum absolute atomic E-state index is 13.1. The Labute approximate surface area is 194 Å². The minimum absolute atomic E-state index is 0.0637. The lowest BCUT2D eigenvalue weighted by molar-refractivity contribution is -0.139. The second-order valence-corrected chi connectivity index (χ2v) is 7.80. The van der Waals surface area contributed by atoms with Crippen molar-refractivity contribution >= 4 is 6.16 Å². The van der Waals surface area contributed by atoms with E-state index in [2.05, 4.69) is 12.8 Å². The summed E-state index contributed by atoms with van der Waals surface area (Å²) in [4.78, 5) is 37.1. The lowest BCUT2D eigenvalue weighted by atomic mass is 10.1. The Morgan fingerprint density at radius 3 is 2.62 bits per heavy atom. The standard InChI is InChI=1S/C22H29F3N2O7/c1-3-5-6-7-8-9-11-32-21(30)33-14-17-16(31-10-4-2)12-18(34-17)27-13-15(22(23,24)25)19(28)26-20(27)29/h2,13,16-18H,3,5-12,14H2,1H3,(H,26,28,29)/t16-,17+,18+/m0/s1. The van der Waals surface area contributed by atoms with E-state index < -0.39 is 47.6 Å². The molecule has 2 rings (SSSR count). The third kappa shape index (κ3) is 8.22. The van der Waals surface area contributed by atoms with Gasteiger partial charge in [0.25, 0.3) is 5.56 Å². The second-order valence-electron chi connectivity index (χ2n) is 7.80. The van der Waals surface area contributed by atoms with Gasteiger partial charge in [-0.05, 0) is 6.42 Å². The van der Waals surface area contributed by atoms with Crippen LogP contribution in [0.15, 0.2) is 15.8 Å². The van der Waals surface area contributed by atoms with Crippen molar-refractivity contribution in [1.29, 1.82) is 0 Å². The Morgan fingerprint density at radius 2 is 1.94 bits per heavy atom.